The van der Waals surface area contributed by atoms with Crippen LogP contribution in [0.2, 0.25) is 0 Å². The van der Waals surface area contributed by atoms with Gasteiger partial charge in [0, 0.05) is 19.7 Å². The predicted molar refractivity (Wildman–Crippen MR) is 66.1 cm³/mol. The Morgan fingerprint density at radius 1 is 1.24 bits per heavy atom. The van der Waals surface area contributed by atoms with Crippen LogP contribution in [0.15, 0.2) is 0 Å². The van der Waals surface area contributed by atoms with Crippen LogP contribution in [-0.4, -0.2) is 49.7 Å². The van der Waals surface area contributed by atoms with Crippen LogP contribution in [0.25, 0.3) is 0 Å². The van der Waals surface area contributed by atoms with Gasteiger partial charge in [-0.3, -0.25) is 0 Å². The van der Waals surface area contributed by atoms with E-state index in [1.807, 2.05) is 0 Å². The van der Waals surface area contributed by atoms with Crippen molar-refractivity contribution in [2.24, 2.45) is 0 Å². The molecule has 0 aromatic heterocycles. The standard InChI is InChI=1S/C13H25NO3/c15-11(10-17-12-4-1-2-5-12)8-14-9-13-6-3-7-16-13/h11-15H,1-10H2. The number of rotatable bonds is 7. The summed E-state index contributed by atoms with van der Waals surface area (Å²) >= 11 is 0. The molecular weight excluding hydrogens is 218 g/mol. The van der Waals surface area contributed by atoms with Crippen LogP contribution < -0.4 is 5.32 Å². The Hall–Kier alpha value is -0.160. The molecule has 1 aliphatic carbocycles. The first-order valence-corrected chi connectivity index (χ1v) is 6.96. The number of hydrogen-bond donors (Lipinski definition) is 2. The number of aliphatic hydroxyl groups excluding tert-OH is 1. The first kappa shape index (κ1) is 13.3. The van der Waals surface area contributed by atoms with Crippen LogP contribution >= 0.6 is 0 Å². The van der Waals surface area contributed by atoms with E-state index in [1.54, 1.807) is 0 Å². The van der Waals surface area contributed by atoms with Crippen LogP contribution in [0.3, 0.4) is 0 Å². The molecule has 0 bridgehead atoms. The van der Waals surface area contributed by atoms with Crippen LogP contribution in [0.5, 0.6) is 0 Å². The fraction of sp³-hybridized carbons (Fsp3) is 1.00. The van der Waals surface area contributed by atoms with E-state index in [2.05, 4.69) is 5.32 Å². The fourth-order valence-electron chi connectivity index (χ4n) is 2.58. The molecular formula is C13H25NO3. The second-order valence-corrected chi connectivity index (χ2v) is 5.19. The molecule has 2 atom stereocenters. The third kappa shape index (κ3) is 4.92. The maximum Gasteiger partial charge on any atom is 0.0897 e. The average molecular weight is 243 g/mol. The molecule has 2 aliphatic rings. The lowest BCUT2D eigenvalue weighted by molar-refractivity contribution is -0.00649. The van der Waals surface area contributed by atoms with Crippen molar-refractivity contribution in [3.05, 3.63) is 0 Å². The van der Waals surface area contributed by atoms with E-state index in [1.165, 1.54) is 19.3 Å². The van der Waals surface area contributed by atoms with Crippen LogP contribution in [-0.2, 0) is 9.47 Å². The van der Waals surface area contributed by atoms with Crippen LogP contribution in [0.4, 0.5) is 0 Å². The van der Waals surface area contributed by atoms with Gasteiger partial charge >= 0.3 is 0 Å². The molecule has 100 valence electrons. The van der Waals surface area contributed by atoms with Gasteiger partial charge in [-0.2, -0.15) is 0 Å². The molecule has 2 rings (SSSR count). The van der Waals surface area contributed by atoms with E-state index in [4.69, 9.17) is 9.47 Å². The lowest BCUT2D eigenvalue weighted by Gasteiger charge is -2.17. The molecule has 1 heterocycles. The first-order valence-electron chi connectivity index (χ1n) is 6.96. The molecule has 2 unspecified atom stereocenters. The van der Waals surface area contributed by atoms with Crippen molar-refractivity contribution in [1.82, 2.24) is 5.32 Å². The molecule has 1 aliphatic heterocycles. The third-order valence-electron chi connectivity index (χ3n) is 3.60. The van der Waals surface area contributed by atoms with Crippen molar-refractivity contribution in [3.63, 3.8) is 0 Å². The summed E-state index contributed by atoms with van der Waals surface area (Å²) in [5.41, 5.74) is 0. The molecule has 0 spiro atoms. The normalized spacial score (nSPS) is 27.7. The first-order chi connectivity index (χ1) is 8.34. The summed E-state index contributed by atoms with van der Waals surface area (Å²) in [5, 5.41) is 13.0. The monoisotopic (exact) mass is 243 g/mol. The van der Waals surface area contributed by atoms with Gasteiger partial charge in [-0.15, -0.1) is 0 Å². The Morgan fingerprint density at radius 2 is 2.06 bits per heavy atom. The predicted octanol–water partition coefficient (Wildman–Crippen LogP) is 1.08. The summed E-state index contributed by atoms with van der Waals surface area (Å²) in [4.78, 5) is 0. The molecule has 4 nitrogen and oxygen atoms in total. The molecule has 0 aromatic rings. The fourth-order valence-corrected chi connectivity index (χ4v) is 2.58. The van der Waals surface area contributed by atoms with E-state index in [0.29, 0.717) is 25.4 Å². The summed E-state index contributed by atoms with van der Waals surface area (Å²) < 4.78 is 11.2. The van der Waals surface area contributed by atoms with Gasteiger partial charge in [0.15, 0.2) is 0 Å². The minimum atomic E-state index is -0.392. The molecule has 2 N–H and O–H groups in total. The quantitative estimate of drug-likeness (QED) is 0.702. The zero-order chi connectivity index (χ0) is 11.9. The van der Waals surface area contributed by atoms with Gasteiger partial charge in [0.25, 0.3) is 0 Å². The van der Waals surface area contributed by atoms with Gasteiger partial charge in [0.05, 0.1) is 24.9 Å². The molecule has 17 heavy (non-hydrogen) atoms. The minimum Gasteiger partial charge on any atom is -0.389 e. The number of aliphatic hydroxyl groups is 1. The summed E-state index contributed by atoms with van der Waals surface area (Å²) in [5.74, 6) is 0. The second kappa shape index (κ2) is 7.31. The van der Waals surface area contributed by atoms with E-state index in [0.717, 1.165) is 32.4 Å². The minimum absolute atomic E-state index is 0.345. The Kier molecular flexibility index (Phi) is 5.71. The van der Waals surface area contributed by atoms with Crippen molar-refractivity contribution in [2.45, 2.75) is 56.8 Å². The topological polar surface area (TPSA) is 50.7 Å². The maximum absolute atomic E-state index is 9.76. The van der Waals surface area contributed by atoms with E-state index >= 15 is 0 Å². The molecule has 2 fully saturated rings. The highest BCUT2D eigenvalue weighted by atomic mass is 16.5. The van der Waals surface area contributed by atoms with Crippen molar-refractivity contribution in [2.75, 3.05) is 26.3 Å². The third-order valence-corrected chi connectivity index (χ3v) is 3.60. The van der Waals surface area contributed by atoms with E-state index < -0.39 is 6.10 Å². The van der Waals surface area contributed by atoms with Gasteiger partial charge in [-0.25, -0.2) is 0 Å². The summed E-state index contributed by atoms with van der Waals surface area (Å²) in [7, 11) is 0. The Morgan fingerprint density at radius 3 is 2.76 bits per heavy atom. The van der Waals surface area contributed by atoms with Crippen LogP contribution in [0, 0.1) is 0 Å². The van der Waals surface area contributed by atoms with Gasteiger partial charge in [-0.05, 0) is 25.7 Å². The van der Waals surface area contributed by atoms with Crippen molar-refractivity contribution in [1.29, 1.82) is 0 Å². The summed E-state index contributed by atoms with van der Waals surface area (Å²) in [6.45, 7) is 2.80. The maximum atomic E-state index is 9.76. The highest BCUT2D eigenvalue weighted by molar-refractivity contribution is 4.70. The second-order valence-electron chi connectivity index (χ2n) is 5.19. The van der Waals surface area contributed by atoms with Crippen molar-refractivity contribution >= 4 is 0 Å². The van der Waals surface area contributed by atoms with Gasteiger partial charge in [-0.1, -0.05) is 12.8 Å². The average Bonchev–Trinajstić information content (AvgIpc) is 2.99. The molecule has 0 aromatic carbocycles. The Labute approximate surface area is 104 Å². The highest BCUT2D eigenvalue weighted by Gasteiger charge is 2.18. The zero-order valence-electron chi connectivity index (χ0n) is 10.6. The Balaban J connectivity index is 1.46. The van der Waals surface area contributed by atoms with Gasteiger partial charge in [0.1, 0.15) is 0 Å². The summed E-state index contributed by atoms with van der Waals surface area (Å²) in [6.07, 6.45) is 7.53. The smallest absolute Gasteiger partial charge is 0.0897 e. The van der Waals surface area contributed by atoms with E-state index in [-0.39, 0.29) is 0 Å². The van der Waals surface area contributed by atoms with Crippen LogP contribution in [0.1, 0.15) is 38.5 Å². The largest absolute Gasteiger partial charge is 0.389 e. The number of ether oxygens (including phenoxy) is 2. The molecule has 0 radical (unpaired) electrons. The highest BCUT2D eigenvalue weighted by Crippen LogP contribution is 2.20. The molecule has 1 saturated carbocycles. The lowest BCUT2D eigenvalue weighted by Crippen LogP contribution is -2.35. The lowest BCUT2D eigenvalue weighted by atomic mass is 10.2. The number of hydrogen-bond acceptors (Lipinski definition) is 4. The van der Waals surface area contributed by atoms with Gasteiger partial charge in [0.2, 0.25) is 0 Å². The molecule has 1 saturated heterocycles. The Bertz CT molecular complexity index is 201. The van der Waals surface area contributed by atoms with Crippen molar-refractivity contribution in [3.8, 4) is 0 Å². The zero-order valence-corrected chi connectivity index (χ0v) is 10.6. The van der Waals surface area contributed by atoms with Crippen molar-refractivity contribution < 1.29 is 14.6 Å². The number of nitrogens with one attached hydrogen (secondary N) is 1. The molecule has 0 amide bonds. The van der Waals surface area contributed by atoms with E-state index in [9.17, 15) is 5.11 Å². The van der Waals surface area contributed by atoms with Gasteiger partial charge < -0.3 is 19.9 Å². The summed E-state index contributed by atoms with van der Waals surface area (Å²) in [6, 6.07) is 0. The SMILES string of the molecule is OC(CNCC1CCCO1)COC1CCCC1. The molecule has 4 heteroatoms.